The number of aryl methyl sites for hydroxylation is 1. The molecule has 8 nitrogen and oxygen atoms in total. The van der Waals surface area contributed by atoms with Gasteiger partial charge in [-0.15, -0.1) is 0 Å². The third-order valence-electron chi connectivity index (χ3n) is 3.90. The third kappa shape index (κ3) is 4.32. The van der Waals surface area contributed by atoms with Crippen molar-refractivity contribution >= 4 is 33.0 Å². The van der Waals surface area contributed by atoms with E-state index in [1.165, 1.54) is 37.7 Å². The molecule has 28 heavy (non-hydrogen) atoms. The van der Waals surface area contributed by atoms with Crippen LogP contribution in [0.4, 0.5) is 5.69 Å². The summed E-state index contributed by atoms with van der Waals surface area (Å²) in [4.78, 5) is 21.0. The number of rotatable bonds is 5. The average Bonchev–Trinajstić information content (AvgIpc) is 3.02. The molecule has 3 rings (SSSR count). The number of carbonyl (C=O) groups excluding carboxylic acids is 1. The third-order valence-corrected chi connectivity index (χ3v) is 5.21. The summed E-state index contributed by atoms with van der Waals surface area (Å²) in [6.07, 6.45) is 5.72. The molecule has 146 valence electrons. The van der Waals surface area contributed by atoms with Gasteiger partial charge in [0, 0.05) is 28.9 Å². The van der Waals surface area contributed by atoms with E-state index < -0.39 is 15.7 Å². The van der Waals surface area contributed by atoms with E-state index in [9.17, 15) is 13.2 Å². The Bertz CT molecular complexity index is 1140. The smallest absolute Gasteiger partial charge is 0.257 e. The molecule has 0 atom stereocenters. The van der Waals surface area contributed by atoms with Gasteiger partial charge in [-0.25, -0.2) is 18.4 Å². The summed E-state index contributed by atoms with van der Waals surface area (Å²) < 4.78 is 30.2. The number of ether oxygens (including phenoxy) is 1. The van der Waals surface area contributed by atoms with Crippen LogP contribution in [-0.4, -0.2) is 42.2 Å². The van der Waals surface area contributed by atoms with Crippen molar-refractivity contribution in [3.8, 4) is 11.7 Å². The molecule has 2 aromatic heterocycles. The Balaban J connectivity index is 1.87. The van der Waals surface area contributed by atoms with E-state index in [4.69, 9.17) is 16.3 Å². The Hall–Kier alpha value is -2.91. The molecule has 0 bridgehead atoms. The predicted octanol–water partition coefficient (Wildman–Crippen LogP) is 2.89. The van der Waals surface area contributed by atoms with Crippen LogP contribution in [0.3, 0.4) is 0 Å². The van der Waals surface area contributed by atoms with Crippen molar-refractivity contribution in [1.29, 1.82) is 0 Å². The molecule has 2 heterocycles. The lowest BCUT2D eigenvalue weighted by Crippen LogP contribution is -2.12. The van der Waals surface area contributed by atoms with Crippen LogP contribution in [0.25, 0.3) is 5.95 Å². The maximum atomic E-state index is 12.6. The number of hydrogen-bond donors (Lipinski definition) is 1. The van der Waals surface area contributed by atoms with Crippen molar-refractivity contribution in [3.05, 3.63) is 59.1 Å². The number of nitrogens with one attached hydrogen (secondary N) is 1. The first-order valence-corrected chi connectivity index (χ1v) is 10.3. The number of halogens is 1. The summed E-state index contributed by atoms with van der Waals surface area (Å²) in [7, 11) is -1.94. The number of anilines is 1. The summed E-state index contributed by atoms with van der Waals surface area (Å²) in [5.74, 6) is 0.491. The van der Waals surface area contributed by atoms with E-state index in [-0.39, 0.29) is 15.6 Å². The largest absolute Gasteiger partial charge is 0.494 e. The van der Waals surface area contributed by atoms with Gasteiger partial charge in [-0.05, 0) is 31.2 Å². The second-order valence-corrected chi connectivity index (χ2v) is 8.52. The average molecular weight is 421 g/mol. The first-order chi connectivity index (χ1) is 13.2. The molecule has 1 amide bonds. The Morgan fingerprint density at radius 2 is 1.86 bits per heavy atom. The van der Waals surface area contributed by atoms with Crippen LogP contribution < -0.4 is 10.1 Å². The minimum atomic E-state index is -3.46. The van der Waals surface area contributed by atoms with Crippen LogP contribution in [0, 0.1) is 6.92 Å². The second kappa shape index (κ2) is 7.61. The first kappa shape index (κ1) is 19.8. The summed E-state index contributed by atoms with van der Waals surface area (Å²) in [5.41, 5.74) is 1.39. The van der Waals surface area contributed by atoms with Crippen molar-refractivity contribution < 1.29 is 17.9 Å². The van der Waals surface area contributed by atoms with E-state index in [0.717, 1.165) is 11.9 Å². The fraction of sp³-hybridized carbons (Fsp3) is 0.167. The minimum Gasteiger partial charge on any atom is -0.494 e. The number of hydrogen-bond acceptors (Lipinski definition) is 6. The number of sulfone groups is 1. The van der Waals surface area contributed by atoms with Gasteiger partial charge in [0.25, 0.3) is 5.91 Å². The van der Waals surface area contributed by atoms with Crippen LogP contribution in [0.2, 0.25) is 5.02 Å². The number of benzene rings is 1. The van der Waals surface area contributed by atoms with Crippen molar-refractivity contribution in [3.63, 3.8) is 0 Å². The van der Waals surface area contributed by atoms with Crippen LogP contribution >= 0.6 is 11.6 Å². The molecule has 0 aliphatic rings. The summed E-state index contributed by atoms with van der Waals surface area (Å²) in [6, 6.07) is 5.83. The molecule has 0 fully saturated rings. The van der Waals surface area contributed by atoms with Gasteiger partial charge < -0.3 is 10.1 Å². The molecule has 0 unspecified atom stereocenters. The molecule has 1 aromatic carbocycles. The molecule has 3 aromatic rings. The summed E-state index contributed by atoms with van der Waals surface area (Å²) in [6.45, 7) is 1.81. The number of carbonyl (C=O) groups is 1. The second-order valence-electron chi connectivity index (χ2n) is 6.06. The molecule has 0 saturated heterocycles. The van der Waals surface area contributed by atoms with Crippen molar-refractivity contribution in [2.75, 3.05) is 18.7 Å². The van der Waals surface area contributed by atoms with Crippen LogP contribution in [-0.2, 0) is 9.84 Å². The van der Waals surface area contributed by atoms with Gasteiger partial charge >= 0.3 is 0 Å². The zero-order chi connectivity index (χ0) is 20.5. The van der Waals surface area contributed by atoms with Crippen LogP contribution in [0.5, 0.6) is 5.75 Å². The first-order valence-electron chi connectivity index (χ1n) is 8.05. The number of methoxy groups -OCH3 is 1. The highest BCUT2D eigenvalue weighted by molar-refractivity contribution is 7.90. The van der Waals surface area contributed by atoms with Gasteiger partial charge in [0.2, 0.25) is 5.95 Å². The molecule has 1 N–H and O–H groups in total. The maximum absolute atomic E-state index is 12.6. The summed E-state index contributed by atoms with van der Waals surface area (Å²) in [5, 5.41) is 2.87. The Morgan fingerprint density at radius 1 is 1.18 bits per heavy atom. The zero-order valence-electron chi connectivity index (χ0n) is 15.3. The Labute approximate surface area is 167 Å². The van der Waals surface area contributed by atoms with E-state index in [1.807, 2.05) is 6.92 Å². The number of aromatic nitrogens is 3. The van der Waals surface area contributed by atoms with Crippen molar-refractivity contribution in [1.82, 2.24) is 14.5 Å². The van der Waals surface area contributed by atoms with Gasteiger partial charge in [0.15, 0.2) is 15.6 Å². The van der Waals surface area contributed by atoms with Gasteiger partial charge in [0.05, 0.1) is 30.0 Å². The van der Waals surface area contributed by atoms with E-state index in [1.54, 1.807) is 16.8 Å². The minimum absolute atomic E-state index is 0.0238. The Kier molecular flexibility index (Phi) is 5.39. The number of amides is 1. The fourth-order valence-electron chi connectivity index (χ4n) is 2.50. The zero-order valence-corrected chi connectivity index (χ0v) is 16.9. The van der Waals surface area contributed by atoms with Crippen LogP contribution in [0.1, 0.15) is 16.1 Å². The highest BCUT2D eigenvalue weighted by Crippen LogP contribution is 2.23. The molecule has 0 aliphatic carbocycles. The molecule has 10 heteroatoms. The predicted molar refractivity (Wildman–Crippen MR) is 105 cm³/mol. The van der Waals surface area contributed by atoms with Crippen molar-refractivity contribution in [2.45, 2.75) is 11.8 Å². The topological polar surface area (TPSA) is 103 Å². The molecular weight excluding hydrogens is 404 g/mol. The SMILES string of the molecule is COc1cnc(-n2cc(C(=O)Nc3cc(Cl)cc(S(C)(=O)=O)c3)cc2C)nc1. The van der Waals surface area contributed by atoms with Crippen molar-refractivity contribution in [2.24, 2.45) is 0 Å². The van der Waals surface area contributed by atoms with Crippen LogP contribution in [0.15, 0.2) is 47.8 Å². The fourth-order valence-corrected chi connectivity index (χ4v) is 3.49. The van der Waals surface area contributed by atoms with E-state index in [2.05, 4.69) is 15.3 Å². The van der Waals surface area contributed by atoms with Gasteiger partial charge in [-0.3, -0.25) is 9.36 Å². The standard InChI is InChI=1S/C18H17ClN4O4S/c1-11-4-12(10-23(11)18-20-8-15(27-2)9-21-18)17(24)22-14-5-13(19)6-16(7-14)28(3,25)26/h4-10H,1-3H3,(H,22,24). The lowest BCUT2D eigenvalue weighted by atomic mass is 10.2. The van der Waals surface area contributed by atoms with Gasteiger partial charge in [0.1, 0.15) is 0 Å². The molecule has 0 aliphatic heterocycles. The summed E-state index contributed by atoms with van der Waals surface area (Å²) >= 11 is 5.97. The van der Waals surface area contributed by atoms with Gasteiger partial charge in [-0.1, -0.05) is 11.6 Å². The monoisotopic (exact) mass is 420 g/mol. The normalized spacial score (nSPS) is 11.3. The lowest BCUT2D eigenvalue weighted by molar-refractivity contribution is 0.102. The molecule has 0 saturated carbocycles. The van der Waals surface area contributed by atoms with E-state index in [0.29, 0.717) is 17.3 Å². The van der Waals surface area contributed by atoms with E-state index >= 15 is 0 Å². The maximum Gasteiger partial charge on any atom is 0.257 e. The quantitative estimate of drug-likeness (QED) is 0.680. The Morgan fingerprint density at radius 3 is 2.46 bits per heavy atom. The highest BCUT2D eigenvalue weighted by Gasteiger charge is 2.15. The van der Waals surface area contributed by atoms with Gasteiger partial charge in [-0.2, -0.15) is 0 Å². The highest BCUT2D eigenvalue weighted by atomic mass is 35.5. The lowest BCUT2D eigenvalue weighted by Gasteiger charge is -2.07. The molecule has 0 spiro atoms. The molecular formula is C18H17ClN4O4S. The number of nitrogens with zero attached hydrogens (tertiary/aromatic N) is 3. The molecule has 0 radical (unpaired) electrons.